The maximum Gasteiger partial charge on any atom is 0.0641 e. The molecule has 2 saturated carbocycles. The summed E-state index contributed by atoms with van der Waals surface area (Å²) in [6.45, 7) is 2.38. The van der Waals surface area contributed by atoms with Crippen molar-refractivity contribution in [3.63, 3.8) is 0 Å². The highest BCUT2D eigenvalue weighted by Gasteiger charge is 2.32. The first kappa shape index (κ1) is 12.7. The van der Waals surface area contributed by atoms with E-state index in [1.54, 1.807) is 0 Å². The Kier molecular flexibility index (Phi) is 3.84. The van der Waals surface area contributed by atoms with E-state index in [1.165, 1.54) is 44.3 Å². The average Bonchev–Trinajstić information content (AvgIpc) is 3.32. The van der Waals surface area contributed by atoms with E-state index in [0.29, 0.717) is 12.5 Å². The predicted molar refractivity (Wildman–Crippen MR) is 76.4 cm³/mol. The Labute approximate surface area is 116 Å². The molecule has 1 unspecified atom stereocenters. The van der Waals surface area contributed by atoms with Crippen LogP contribution in [0.3, 0.4) is 0 Å². The summed E-state index contributed by atoms with van der Waals surface area (Å²) < 4.78 is 0. The SMILES string of the molecule is N#CCC(c1ccccc1)N(CC1CC1)CC1CC1. The summed E-state index contributed by atoms with van der Waals surface area (Å²) in [6.07, 6.45) is 6.15. The molecule has 3 rings (SSSR count). The summed E-state index contributed by atoms with van der Waals surface area (Å²) in [6, 6.07) is 13.3. The van der Waals surface area contributed by atoms with Crippen LogP contribution in [0.25, 0.3) is 0 Å². The summed E-state index contributed by atoms with van der Waals surface area (Å²) in [5.74, 6) is 1.78. The van der Waals surface area contributed by atoms with Gasteiger partial charge in [-0.1, -0.05) is 30.3 Å². The number of nitriles is 1. The zero-order valence-electron chi connectivity index (χ0n) is 11.5. The number of nitrogens with zero attached hydrogens (tertiary/aromatic N) is 2. The summed E-state index contributed by atoms with van der Waals surface area (Å²) in [7, 11) is 0. The lowest BCUT2D eigenvalue weighted by atomic mass is 10.0. The lowest BCUT2D eigenvalue weighted by molar-refractivity contribution is 0.182. The van der Waals surface area contributed by atoms with Crippen molar-refractivity contribution in [1.29, 1.82) is 5.26 Å². The summed E-state index contributed by atoms with van der Waals surface area (Å²) in [4.78, 5) is 2.59. The van der Waals surface area contributed by atoms with Gasteiger partial charge in [0, 0.05) is 19.1 Å². The van der Waals surface area contributed by atoms with Crippen molar-refractivity contribution in [1.82, 2.24) is 4.90 Å². The van der Waals surface area contributed by atoms with Crippen LogP contribution in [-0.2, 0) is 0 Å². The minimum absolute atomic E-state index is 0.299. The molecule has 2 aliphatic carbocycles. The molecule has 0 amide bonds. The molecule has 100 valence electrons. The molecule has 1 aromatic carbocycles. The molecule has 2 aliphatic rings. The van der Waals surface area contributed by atoms with Crippen LogP contribution < -0.4 is 0 Å². The highest BCUT2D eigenvalue weighted by Crippen LogP contribution is 2.37. The maximum absolute atomic E-state index is 9.17. The summed E-state index contributed by atoms with van der Waals surface area (Å²) in [5, 5.41) is 9.17. The molecule has 2 fully saturated rings. The van der Waals surface area contributed by atoms with Crippen LogP contribution in [0.5, 0.6) is 0 Å². The van der Waals surface area contributed by atoms with Crippen molar-refractivity contribution in [3.8, 4) is 6.07 Å². The van der Waals surface area contributed by atoms with Gasteiger partial charge in [0.1, 0.15) is 0 Å². The molecule has 0 saturated heterocycles. The van der Waals surface area contributed by atoms with E-state index >= 15 is 0 Å². The minimum Gasteiger partial charge on any atom is -0.295 e. The molecule has 0 radical (unpaired) electrons. The molecule has 0 N–H and O–H groups in total. The molecule has 0 spiro atoms. The number of hydrogen-bond donors (Lipinski definition) is 0. The van der Waals surface area contributed by atoms with Crippen LogP contribution >= 0.6 is 0 Å². The fourth-order valence-corrected chi connectivity index (χ4v) is 2.81. The van der Waals surface area contributed by atoms with Crippen molar-refractivity contribution in [2.45, 2.75) is 38.1 Å². The Bertz CT molecular complexity index is 426. The minimum atomic E-state index is 0.299. The number of hydrogen-bond acceptors (Lipinski definition) is 2. The van der Waals surface area contributed by atoms with Crippen LogP contribution in [0, 0.1) is 23.2 Å². The molecule has 0 aliphatic heterocycles. The molecular formula is C17H22N2. The Hall–Kier alpha value is -1.33. The Balaban J connectivity index is 1.75. The largest absolute Gasteiger partial charge is 0.295 e. The average molecular weight is 254 g/mol. The zero-order chi connectivity index (χ0) is 13.1. The number of benzene rings is 1. The number of rotatable bonds is 7. The summed E-state index contributed by atoms with van der Waals surface area (Å²) in [5.41, 5.74) is 1.31. The van der Waals surface area contributed by atoms with E-state index < -0.39 is 0 Å². The molecular weight excluding hydrogens is 232 g/mol. The Morgan fingerprint density at radius 2 is 1.63 bits per heavy atom. The predicted octanol–water partition coefficient (Wildman–Crippen LogP) is 3.76. The van der Waals surface area contributed by atoms with Gasteiger partial charge in [-0.05, 0) is 43.1 Å². The van der Waals surface area contributed by atoms with Crippen molar-refractivity contribution in [3.05, 3.63) is 35.9 Å². The van der Waals surface area contributed by atoms with E-state index in [1.807, 2.05) is 0 Å². The fraction of sp³-hybridized carbons (Fsp3) is 0.588. The third-order valence-corrected chi connectivity index (χ3v) is 4.29. The van der Waals surface area contributed by atoms with Gasteiger partial charge >= 0.3 is 0 Å². The topological polar surface area (TPSA) is 27.0 Å². The second-order valence-corrected chi connectivity index (χ2v) is 6.13. The molecule has 0 aromatic heterocycles. The molecule has 0 heterocycles. The first-order valence-electron chi connectivity index (χ1n) is 7.52. The normalized spacial score (nSPS) is 20.2. The zero-order valence-corrected chi connectivity index (χ0v) is 11.5. The Morgan fingerprint density at radius 1 is 1.05 bits per heavy atom. The van der Waals surface area contributed by atoms with Gasteiger partial charge in [-0.3, -0.25) is 4.90 Å². The van der Waals surface area contributed by atoms with Crippen LogP contribution in [0.4, 0.5) is 0 Å². The molecule has 0 bridgehead atoms. The summed E-state index contributed by atoms with van der Waals surface area (Å²) >= 11 is 0. The van der Waals surface area contributed by atoms with Crippen LogP contribution in [0.2, 0.25) is 0 Å². The van der Waals surface area contributed by atoms with Gasteiger partial charge in [0.25, 0.3) is 0 Å². The van der Waals surface area contributed by atoms with Crippen LogP contribution in [-0.4, -0.2) is 18.0 Å². The van der Waals surface area contributed by atoms with Crippen molar-refractivity contribution in [2.75, 3.05) is 13.1 Å². The van der Waals surface area contributed by atoms with Crippen molar-refractivity contribution < 1.29 is 0 Å². The van der Waals surface area contributed by atoms with E-state index in [-0.39, 0.29) is 0 Å². The van der Waals surface area contributed by atoms with Crippen LogP contribution in [0.1, 0.15) is 43.7 Å². The van der Waals surface area contributed by atoms with Gasteiger partial charge in [-0.15, -0.1) is 0 Å². The van der Waals surface area contributed by atoms with E-state index in [0.717, 1.165) is 11.8 Å². The van der Waals surface area contributed by atoms with E-state index in [9.17, 15) is 0 Å². The molecule has 2 heteroatoms. The smallest absolute Gasteiger partial charge is 0.0641 e. The van der Waals surface area contributed by atoms with Crippen molar-refractivity contribution >= 4 is 0 Å². The standard InChI is InChI=1S/C17H22N2/c18-11-10-17(16-4-2-1-3-5-16)19(12-14-6-7-14)13-15-8-9-15/h1-5,14-15,17H,6-10,12-13H2. The van der Waals surface area contributed by atoms with Crippen molar-refractivity contribution in [2.24, 2.45) is 11.8 Å². The second-order valence-electron chi connectivity index (χ2n) is 6.13. The fourth-order valence-electron chi connectivity index (χ4n) is 2.81. The first-order valence-corrected chi connectivity index (χ1v) is 7.52. The quantitative estimate of drug-likeness (QED) is 0.740. The molecule has 1 atom stereocenters. The third kappa shape index (κ3) is 3.58. The monoisotopic (exact) mass is 254 g/mol. The molecule has 1 aromatic rings. The van der Waals surface area contributed by atoms with E-state index in [2.05, 4.69) is 41.3 Å². The van der Waals surface area contributed by atoms with Gasteiger partial charge in [0.15, 0.2) is 0 Å². The third-order valence-electron chi connectivity index (χ3n) is 4.29. The van der Waals surface area contributed by atoms with Gasteiger partial charge in [0.05, 0.1) is 12.5 Å². The maximum atomic E-state index is 9.17. The van der Waals surface area contributed by atoms with Gasteiger partial charge in [0.2, 0.25) is 0 Å². The Morgan fingerprint density at radius 3 is 2.11 bits per heavy atom. The van der Waals surface area contributed by atoms with E-state index in [4.69, 9.17) is 5.26 Å². The lowest BCUT2D eigenvalue weighted by Gasteiger charge is -2.31. The van der Waals surface area contributed by atoms with Gasteiger partial charge in [-0.25, -0.2) is 0 Å². The molecule has 19 heavy (non-hydrogen) atoms. The van der Waals surface area contributed by atoms with Crippen LogP contribution in [0.15, 0.2) is 30.3 Å². The lowest BCUT2D eigenvalue weighted by Crippen LogP contribution is -2.32. The highest BCUT2D eigenvalue weighted by molar-refractivity contribution is 5.20. The molecule has 2 nitrogen and oxygen atoms in total. The first-order chi connectivity index (χ1) is 9.36. The second kappa shape index (κ2) is 5.75. The van der Waals surface area contributed by atoms with Gasteiger partial charge in [-0.2, -0.15) is 5.26 Å². The highest BCUT2D eigenvalue weighted by atomic mass is 15.2. The van der Waals surface area contributed by atoms with Gasteiger partial charge < -0.3 is 0 Å².